The van der Waals surface area contributed by atoms with Gasteiger partial charge >= 0.3 is 0 Å². The summed E-state index contributed by atoms with van der Waals surface area (Å²) in [6.45, 7) is 4.78. The summed E-state index contributed by atoms with van der Waals surface area (Å²) in [7, 11) is 0. The SMILES string of the molecule is Cc1ccc(C)c(NC(=O)[C@@H](NCc2ccc3c(c2)OCO3)c2ccccc2)c1. The van der Waals surface area contributed by atoms with Gasteiger partial charge in [0.15, 0.2) is 11.5 Å². The molecule has 1 atom stereocenters. The van der Waals surface area contributed by atoms with Crippen molar-refractivity contribution in [2.75, 3.05) is 12.1 Å². The van der Waals surface area contributed by atoms with Crippen LogP contribution in [0.4, 0.5) is 5.69 Å². The van der Waals surface area contributed by atoms with Crippen molar-refractivity contribution in [1.29, 1.82) is 0 Å². The predicted molar refractivity (Wildman–Crippen MR) is 113 cm³/mol. The Hall–Kier alpha value is -3.31. The lowest BCUT2D eigenvalue weighted by atomic mass is 10.0. The van der Waals surface area contributed by atoms with Gasteiger partial charge in [0.2, 0.25) is 12.7 Å². The van der Waals surface area contributed by atoms with Gasteiger partial charge in [-0.3, -0.25) is 10.1 Å². The van der Waals surface area contributed by atoms with Crippen LogP contribution in [-0.4, -0.2) is 12.7 Å². The van der Waals surface area contributed by atoms with Gasteiger partial charge < -0.3 is 14.8 Å². The second-order valence-electron chi connectivity index (χ2n) is 7.22. The molecular weight excluding hydrogens is 364 g/mol. The first-order valence-electron chi connectivity index (χ1n) is 9.65. The first kappa shape index (κ1) is 19.0. The molecule has 148 valence electrons. The first-order chi connectivity index (χ1) is 14.1. The van der Waals surface area contributed by atoms with Crippen LogP contribution in [0.3, 0.4) is 0 Å². The minimum Gasteiger partial charge on any atom is -0.454 e. The Bertz CT molecular complexity index is 1020. The number of benzene rings is 3. The van der Waals surface area contributed by atoms with E-state index in [0.717, 1.165) is 39.4 Å². The molecule has 0 unspecified atom stereocenters. The Morgan fingerprint density at radius 2 is 1.76 bits per heavy atom. The van der Waals surface area contributed by atoms with Crippen molar-refractivity contribution in [2.45, 2.75) is 26.4 Å². The lowest BCUT2D eigenvalue weighted by Gasteiger charge is -2.20. The lowest BCUT2D eigenvalue weighted by Crippen LogP contribution is -2.33. The Labute approximate surface area is 170 Å². The zero-order valence-corrected chi connectivity index (χ0v) is 16.6. The van der Waals surface area contributed by atoms with Crippen LogP contribution in [0, 0.1) is 13.8 Å². The summed E-state index contributed by atoms with van der Waals surface area (Å²) >= 11 is 0. The number of fused-ring (bicyclic) bond motifs is 1. The fraction of sp³-hybridized carbons (Fsp3) is 0.208. The topological polar surface area (TPSA) is 59.6 Å². The van der Waals surface area contributed by atoms with Gasteiger partial charge in [-0.15, -0.1) is 0 Å². The van der Waals surface area contributed by atoms with Crippen molar-refractivity contribution < 1.29 is 14.3 Å². The van der Waals surface area contributed by atoms with E-state index in [4.69, 9.17) is 9.47 Å². The molecule has 0 aliphatic carbocycles. The number of ether oxygens (including phenoxy) is 2. The summed E-state index contributed by atoms with van der Waals surface area (Å²) in [5.74, 6) is 1.40. The summed E-state index contributed by atoms with van der Waals surface area (Å²) < 4.78 is 10.8. The van der Waals surface area contributed by atoms with E-state index in [2.05, 4.69) is 10.6 Å². The number of carbonyl (C=O) groups excluding carboxylic acids is 1. The van der Waals surface area contributed by atoms with Gasteiger partial charge in [0.1, 0.15) is 6.04 Å². The summed E-state index contributed by atoms with van der Waals surface area (Å²) in [5, 5.41) is 6.47. The normalized spacial score (nSPS) is 13.2. The van der Waals surface area contributed by atoms with Crippen molar-refractivity contribution in [3.63, 3.8) is 0 Å². The summed E-state index contributed by atoms with van der Waals surface area (Å²) in [6.07, 6.45) is 0. The minimum absolute atomic E-state index is 0.0920. The van der Waals surface area contributed by atoms with Crippen LogP contribution in [0.2, 0.25) is 0 Å². The molecule has 0 radical (unpaired) electrons. The molecule has 2 N–H and O–H groups in total. The van der Waals surface area contributed by atoms with Gasteiger partial charge in [0.25, 0.3) is 0 Å². The Morgan fingerprint density at radius 1 is 0.966 bits per heavy atom. The van der Waals surface area contributed by atoms with Crippen LogP contribution in [-0.2, 0) is 11.3 Å². The highest BCUT2D eigenvalue weighted by molar-refractivity contribution is 5.96. The maximum atomic E-state index is 13.2. The molecule has 0 saturated heterocycles. The van der Waals surface area contributed by atoms with E-state index in [1.54, 1.807) is 0 Å². The lowest BCUT2D eigenvalue weighted by molar-refractivity contribution is -0.118. The van der Waals surface area contributed by atoms with Crippen molar-refractivity contribution in [1.82, 2.24) is 5.32 Å². The minimum atomic E-state index is -0.485. The molecule has 1 aliphatic rings. The van der Waals surface area contributed by atoms with Gasteiger partial charge in [0, 0.05) is 12.2 Å². The molecule has 0 fully saturated rings. The number of hydrogen-bond donors (Lipinski definition) is 2. The molecule has 3 aromatic carbocycles. The maximum Gasteiger partial charge on any atom is 0.246 e. The number of anilines is 1. The quantitative estimate of drug-likeness (QED) is 0.653. The first-order valence-corrected chi connectivity index (χ1v) is 9.65. The van der Waals surface area contributed by atoms with Gasteiger partial charge in [-0.1, -0.05) is 48.5 Å². The standard InChI is InChI=1S/C24H24N2O3/c1-16-8-9-17(2)20(12-16)26-24(27)23(19-6-4-3-5-7-19)25-14-18-10-11-21-22(13-18)29-15-28-21/h3-13,23,25H,14-15H2,1-2H3,(H,26,27)/t23-/m0/s1. The van der Waals surface area contributed by atoms with Gasteiger partial charge in [0.05, 0.1) is 0 Å². The fourth-order valence-corrected chi connectivity index (χ4v) is 3.35. The number of nitrogens with one attached hydrogen (secondary N) is 2. The molecule has 5 heteroatoms. The highest BCUT2D eigenvalue weighted by atomic mass is 16.7. The predicted octanol–water partition coefficient (Wildman–Crippen LogP) is 4.50. The highest BCUT2D eigenvalue weighted by Gasteiger charge is 2.21. The van der Waals surface area contributed by atoms with E-state index < -0.39 is 6.04 Å². The molecule has 0 saturated carbocycles. The average Bonchev–Trinajstić information content (AvgIpc) is 3.19. The monoisotopic (exact) mass is 388 g/mol. The van der Waals surface area contributed by atoms with Crippen LogP contribution < -0.4 is 20.1 Å². The van der Waals surface area contributed by atoms with Crippen molar-refractivity contribution in [2.24, 2.45) is 0 Å². The molecule has 1 heterocycles. The second-order valence-corrected chi connectivity index (χ2v) is 7.22. The molecule has 0 aromatic heterocycles. The van der Waals surface area contributed by atoms with E-state index in [-0.39, 0.29) is 12.7 Å². The van der Waals surface area contributed by atoms with Crippen LogP contribution >= 0.6 is 0 Å². The van der Waals surface area contributed by atoms with E-state index in [1.165, 1.54) is 0 Å². The number of amides is 1. The highest BCUT2D eigenvalue weighted by Crippen LogP contribution is 2.32. The molecule has 1 aliphatic heterocycles. The van der Waals surface area contributed by atoms with E-state index in [0.29, 0.717) is 6.54 Å². The molecule has 3 aromatic rings. The number of hydrogen-bond acceptors (Lipinski definition) is 4. The van der Waals surface area contributed by atoms with E-state index in [1.807, 2.05) is 80.6 Å². The van der Waals surface area contributed by atoms with Crippen molar-refractivity contribution in [3.8, 4) is 11.5 Å². The largest absolute Gasteiger partial charge is 0.454 e. The molecule has 0 bridgehead atoms. The van der Waals surface area contributed by atoms with Gasteiger partial charge in [-0.05, 0) is 54.3 Å². The zero-order valence-electron chi connectivity index (χ0n) is 16.6. The number of carbonyl (C=O) groups is 1. The maximum absolute atomic E-state index is 13.2. The summed E-state index contributed by atoms with van der Waals surface area (Å²) in [5.41, 5.74) is 4.91. The molecule has 1 amide bonds. The average molecular weight is 388 g/mol. The third kappa shape index (κ3) is 4.41. The van der Waals surface area contributed by atoms with Gasteiger partial charge in [-0.25, -0.2) is 0 Å². The molecule has 5 nitrogen and oxygen atoms in total. The van der Waals surface area contributed by atoms with E-state index in [9.17, 15) is 4.79 Å². The Kier molecular flexibility index (Phi) is 5.49. The van der Waals surface area contributed by atoms with Crippen LogP contribution in [0.5, 0.6) is 11.5 Å². The molecule has 0 spiro atoms. The molecule has 29 heavy (non-hydrogen) atoms. The summed E-state index contributed by atoms with van der Waals surface area (Å²) in [6, 6.07) is 21.1. The third-order valence-corrected chi connectivity index (χ3v) is 4.99. The summed E-state index contributed by atoms with van der Waals surface area (Å²) in [4.78, 5) is 13.2. The second kappa shape index (κ2) is 8.37. The van der Waals surface area contributed by atoms with Gasteiger partial charge in [-0.2, -0.15) is 0 Å². The molecule has 4 rings (SSSR count). The number of aryl methyl sites for hydroxylation is 2. The molecular formula is C24H24N2O3. The van der Waals surface area contributed by atoms with E-state index >= 15 is 0 Å². The van der Waals surface area contributed by atoms with Crippen LogP contribution in [0.25, 0.3) is 0 Å². The number of rotatable bonds is 6. The van der Waals surface area contributed by atoms with Crippen LogP contribution in [0.1, 0.15) is 28.3 Å². The van der Waals surface area contributed by atoms with Crippen LogP contribution in [0.15, 0.2) is 66.7 Å². The smallest absolute Gasteiger partial charge is 0.246 e. The zero-order chi connectivity index (χ0) is 20.2. The fourth-order valence-electron chi connectivity index (χ4n) is 3.35. The van der Waals surface area contributed by atoms with Crippen molar-refractivity contribution >= 4 is 11.6 Å². The third-order valence-electron chi connectivity index (χ3n) is 4.99. The van der Waals surface area contributed by atoms with Crippen molar-refractivity contribution in [3.05, 3.63) is 89.0 Å². The Morgan fingerprint density at radius 3 is 2.59 bits per heavy atom. The Balaban J connectivity index is 1.53.